The molecular weight excluding hydrogens is 284 g/mol. The number of likely N-dealkylation sites (tertiary alicyclic amines) is 1. The van der Waals surface area contributed by atoms with Gasteiger partial charge in [0.25, 0.3) is 0 Å². The van der Waals surface area contributed by atoms with E-state index in [1.54, 1.807) is 0 Å². The van der Waals surface area contributed by atoms with Crippen LogP contribution >= 0.6 is 0 Å². The fourth-order valence-electron chi connectivity index (χ4n) is 4.53. The topological polar surface area (TPSA) is 49.4 Å². The number of hydrogen-bond acceptors (Lipinski definition) is 4. The zero-order valence-corrected chi connectivity index (χ0v) is 14.9. The highest BCUT2D eigenvalue weighted by atomic mass is 32.2. The molecule has 2 fully saturated rings. The SMILES string of the molecule is CNC(C1CCCC(S(C)(=O)=O)C1)C(C)(C)N1CCCC1. The molecular formula is C16H32N2O2S. The second-order valence-electron chi connectivity index (χ2n) is 7.49. The summed E-state index contributed by atoms with van der Waals surface area (Å²) < 4.78 is 23.8. The van der Waals surface area contributed by atoms with Crippen LogP contribution in [0.2, 0.25) is 0 Å². The summed E-state index contributed by atoms with van der Waals surface area (Å²) in [4.78, 5) is 2.58. The third-order valence-corrected chi connectivity index (χ3v) is 7.38. The van der Waals surface area contributed by atoms with Crippen LogP contribution in [0.1, 0.15) is 52.4 Å². The van der Waals surface area contributed by atoms with Gasteiger partial charge in [-0.3, -0.25) is 4.90 Å². The molecule has 1 aliphatic carbocycles. The first-order valence-electron chi connectivity index (χ1n) is 8.38. The van der Waals surface area contributed by atoms with Crippen LogP contribution < -0.4 is 5.32 Å². The molecule has 0 aromatic heterocycles. The van der Waals surface area contributed by atoms with Gasteiger partial charge in [0.1, 0.15) is 9.84 Å². The third-order valence-electron chi connectivity index (χ3n) is 5.74. The van der Waals surface area contributed by atoms with Gasteiger partial charge in [0.05, 0.1) is 5.25 Å². The molecule has 2 aliphatic rings. The zero-order valence-electron chi connectivity index (χ0n) is 14.1. The van der Waals surface area contributed by atoms with E-state index in [4.69, 9.17) is 0 Å². The van der Waals surface area contributed by atoms with E-state index in [2.05, 4.69) is 24.1 Å². The van der Waals surface area contributed by atoms with Crippen molar-refractivity contribution in [2.45, 2.75) is 69.2 Å². The molecule has 1 saturated heterocycles. The molecule has 1 N–H and O–H groups in total. The summed E-state index contributed by atoms with van der Waals surface area (Å²) in [5, 5.41) is 3.39. The fraction of sp³-hybridized carbons (Fsp3) is 1.00. The lowest BCUT2D eigenvalue weighted by atomic mass is 9.75. The van der Waals surface area contributed by atoms with Gasteiger partial charge >= 0.3 is 0 Å². The van der Waals surface area contributed by atoms with Crippen LogP contribution in [0.5, 0.6) is 0 Å². The maximum atomic E-state index is 11.9. The van der Waals surface area contributed by atoms with E-state index in [9.17, 15) is 8.42 Å². The van der Waals surface area contributed by atoms with E-state index in [1.165, 1.54) is 32.2 Å². The van der Waals surface area contributed by atoms with E-state index in [0.717, 1.165) is 25.7 Å². The summed E-state index contributed by atoms with van der Waals surface area (Å²) in [6, 6.07) is 0.361. The summed E-state index contributed by atoms with van der Waals surface area (Å²) in [6.07, 6.45) is 7.83. The smallest absolute Gasteiger partial charge is 0.150 e. The van der Waals surface area contributed by atoms with Crippen molar-refractivity contribution in [2.24, 2.45) is 5.92 Å². The molecule has 5 heteroatoms. The zero-order chi connectivity index (χ0) is 15.7. The molecule has 1 aliphatic heterocycles. The normalized spacial score (nSPS) is 30.5. The molecule has 0 spiro atoms. The Morgan fingerprint density at radius 2 is 1.76 bits per heavy atom. The number of sulfone groups is 1. The number of hydrogen-bond donors (Lipinski definition) is 1. The van der Waals surface area contributed by atoms with Crippen molar-refractivity contribution < 1.29 is 8.42 Å². The van der Waals surface area contributed by atoms with Crippen LogP contribution in [0.4, 0.5) is 0 Å². The van der Waals surface area contributed by atoms with Gasteiger partial charge in [0.15, 0.2) is 0 Å². The van der Waals surface area contributed by atoms with E-state index >= 15 is 0 Å². The van der Waals surface area contributed by atoms with Crippen LogP contribution in [-0.4, -0.2) is 56.5 Å². The van der Waals surface area contributed by atoms with Crippen molar-refractivity contribution in [3.8, 4) is 0 Å². The molecule has 21 heavy (non-hydrogen) atoms. The lowest BCUT2D eigenvalue weighted by molar-refractivity contribution is 0.0699. The first-order chi connectivity index (χ1) is 9.76. The highest BCUT2D eigenvalue weighted by molar-refractivity contribution is 7.91. The average Bonchev–Trinajstić information content (AvgIpc) is 2.93. The van der Waals surface area contributed by atoms with E-state index in [-0.39, 0.29) is 10.8 Å². The standard InChI is InChI=1S/C16H32N2O2S/c1-16(2,18-10-5-6-11-18)15(17-3)13-8-7-9-14(12-13)21(4,19)20/h13-15,17H,5-12H2,1-4H3. The van der Waals surface area contributed by atoms with Crippen LogP contribution in [0.25, 0.3) is 0 Å². The Morgan fingerprint density at radius 1 is 1.14 bits per heavy atom. The minimum absolute atomic E-state index is 0.0926. The summed E-state index contributed by atoms with van der Waals surface area (Å²) in [7, 11) is -0.872. The van der Waals surface area contributed by atoms with Crippen molar-refractivity contribution in [2.75, 3.05) is 26.4 Å². The second kappa shape index (κ2) is 6.55. The van der Waals surface area contributed by atoms with Crippen molar-refractivity contribution in [1.29, 1.82) is 0 Å². The largest absolute Gasteiger partial charge is 0.315 e. The molecule has 0 amide bonds. The lowest BCUT2D eigenvalue weighted by Crippen LogP contribution is -2.60. The Hall–Kier alpha value is -0.130. The number of nitrogens with one attached hydrogen (secondary N) is 1. The third kappa shape index (κ3) is 3.80. The molecule has 0 bridgehead atoms. The molecule has 0 aromatic rings. The minimum atomic E-state index is -2.91. The summed E-state index contributed by atoms with van der Waals surface area (Å²) in [5.74, 6) is 0.457. The van der Waals surface area contributed by atoms with Crippen molar-refractivity contribution >= 4 is 9.84 Å². The first kappa shape index (κ1) is 17.2. The van der Waals surface area contributed by atoms with Crippen molar-refractivity contribution in [3.05, 3.63) is 0 Å². The molecule has 4 nitrogen and oxygen atoms in total. The number of nitrogens with zero attached hydrogens (tertiary/aromatic N) is 1. The molecule has 2 rings (SSSR count). The van der Waals surface area contributed by atoms with Crippen LogP contribution in [0.15, 0.2) is 0 Å². The van der Waals surface area contributed by atoms with Gasteiger partial charge in [-0.15, -0.1) is 0 Å². The van der Waals surface area contributed by atoms with Crippen LogP contribution in [-0.2, 0) is 9.84 Å². The molecule has 3 atom stereocenters. The van der Waals surface area contributed by atoms with Crippen molar-refractivity contribution in [3.63, 3.8) is 0 Å². The van der Waals surface area contributed by atoms with Gasteiger partial charge in [-0.1, -0.05) is 6.42 Å². The highest BCUT2D eigenvalue weighted by Crippen LogP contribution is 2.36. The van der Waals surface area contributed by atoms with E-state index in [0.29, 0.717) is 12.0 Å². The van der Waals surface area contributed by atoms with Gasteiger partial charge in [-0.05, 0) is 72.0 Å². The van der Waals surface area contributed by atoms with Crippen LogP contribution in [0.3, 0.4) is 0 Å². The maximum absolute atomic E-state index is 11.9. The van der Waals surface area contributed by atoms with Gasteiger partial charge in [-0.2, -0.15) is 0 Å². The van der Waals surface area contributed by atoms with Crippen LogP contribution in [0, 0.1) is 5.92 Å². The van der Waals surface area contributed by atoms with Gasteiger partial charge in [0.2, 0.25) is 0 Å². The predicted octanol–water partition coefficient (Wildman–Crippen LogP) is 2.05. The molecule has 0 radical (unpaired) electrons. The highest BCUT2D eigenvalue weighted by Gasteiger charge is 2.42. The van der Waals surface area contributed by atoms with Gasteiger partial charge in [0, 0.05) is 17.8 Å². The first-order valence-corrected chi connectivity index (χ1v) is 10.3. The quantitative estimate of drug-likeness (QED) is 0.843. The minimum Gasteiger partial charge on any atom is -0.315 e. The maximum Gasteiger partial charge on any atom is 0.150 e. The van der Waals surface area contributed by atoms with Crippen molar-refractivity contribution in [1.82, 2.24) is 10.2 Å². The summed E-state index contributed by atoms with van der Waals surface area (Å²) >= 11 is 0. The summed E-state index contributed by atoms with van der Waals surface area (Å²) in [5.41, 5.74) is 0.0926. The Kier molecular flexibility index (Phi) is 5.37. The predicted molar refractivity (Wildman–Crippen MR) is 88.3 cm³/mol. The Morgan fingerprint density at radius 3 is 2.29 bits per heavy atom. The Bertz CT molecular complexity index is 441. The molecule has 1 heterocycles. The Labute approximate surface area is 130 Å². The second-order valence-corrected chi connectivity index (χ2v) is 9.82. The molecule has 124 valence electrons. The molecule has 3 unspecified atom stereocenters. The average molecular weight is 317 g/mol. The lowest BCUT2D eigenvalue weighted by Gasteiger charge is -2.47. The van der Waals surface area contributed by atoms with E-state index < -0.39 is 9.84 Å². The number of likely N-dealkylation sites (N-methyl/N-ethyl adjacent to an activating group) is 1. The van der Waals surface area contributed by atoms with Gasteiger partial charge in [-0.25, -0.2) is 8.42 Å². The fourth-order valence-corrected chi connectivity index (χ4v) is 5.72. The molecule has 1 saturated carbocycles. The Balaban J connectivity index is 2.12. The van der Waals surface area contributed by atoms with Gasteiger partial charge < -0.3 is 5.32 Å². The van der Waals surface area contributed by atoms with E-state index in [1.807, 2.05) is 7.05 Å². The molecule has 0 aromatic carbocycles. The number of rotatable bonds is 5. The summed E-state index contributed by atoms with van der Waals surface area (Å²) in [6.45, 7) is 6.99. The monoisotopic (exact) mass is 316 g/mol.